The third-order valence-electron chi connectivity index (χ3n) is 2.47. The highest BCUT2D eigenvalue weighted by molar-refractivity contribution is 5.40. The van der Waals surface area contributed by atoms with E-state index in [1.807, 2.05) is 0 Å². The molecule has 0 unspecified atom stereocenters. The Bertz CT molecular complexity index is 333. The molecule has 0 amide bonds. The van der Waals surface area contributed by atoms with Crippen LogP contribution in [0, 0.1) is 5.92 Å². The van der Waals surface area contributed by atoms with Crippen molar-refractivity contribution >= 4 is 11.8 Å². The second-order valence-electron chi connectivity index (χ2n) is 4.56. The fourth-order valence-electron chi connectivity index (χ4n) is 1.67. The molecule has 0 bridgehead atoms. The molecule has 2 N–H and O–H groups in total. The van der Waals surface area contributed by atoms with Gasteiger partial charge in [-0.3, -0.25) is 0 Å². The van der Waals surface area contributed by atoms with E-state index < -0.39 is 0 Å². The standard InChI is InChI=1S/C11H18N4/c1-8(2)7-15(9-3-4-9)11-13-6-5-10(12)14-11/h5-6,8-9H,3-4,7H2,1-2H3,(H2,12,13,14). The predicted molar refractivity (Wildman–Crippen MR) is 61.7 cm³/mol. The topological polar surface area (TPSA) is 55.0 Å². The summed E-state index contributed by atoms with van der Waals surface area (Å²) >= 11 is 0. The number of hydrogen-bond donors (Lipinski definition) is 1. The molecule has 0 radical (unpaired) electrons. The van der Waals surface area contributed by atoms with Gasteiger partial charge in [-0.05, 0) is 24.8 Å². The van der Waals surface area contributed by atoms with E-state index in [9.17, 15) is 0 Å². The second-order valence-corrected chi connectivity index (χ2v) is 4.56. The lowest BCUT2D eigenvalue weighted by molar-refractivity contribution is 0.597. The quantitative estimate of drug-likeness (QED) is 0.814. The summed E-state index contributed by atoms with van der Waals surface area (Å²) in [4.78, 5) is 10.8. The Kier molecular flexibility index (Phi) is 2.75. The molecule has 0 saturated heterocycles. The first-order valence-corrected chi connectivity index (χ1v) is 5.52. The van der Waals surface area contributed by atoms with Crippen LogP contribution in [-0.4, -0.2) is 22.6 Å². The molecule has 1 aromatic rings. The minimum Gasteiger partial charge on any atom is -0.384 e. The van der Waals surface area contributed by atoms with Crippen molar-refractivity contribution in [2.45, 2.75) is 32.7 Å². The number of rotatable bonds is 4. The lowest BCUT2D eigenvalue weighted by atomic mass is 10.2. The minimum absolute atomic E-state index is 0.550. The third kappa shape index (κ3) is 2.58. The van der Waals surface area contributed by atoms with Gasteiger partial charge in [0.15, 0.2) is 0 Å². The zero-order valence-corrected chi connectivity index (χ0v) is 9.35. The maximum absolute atomic E-state index is 5.67. The van der Waals surface area contributed by atoms with Crippen LogP contribution in [0.3, 0.4) is 0 Å². The molecular formula is C11H18N4. The van der Waals surface area contributed by atoms with Crippen LogP contribution in [0.1, 0.15) is 26.7 Å². The van der Waals surface area contributed by atoms with E-state index >= 15 is 0 Å². The molecular weight excluding hydrogens is 188 g/mol. The lowest BCUT2D eigenvalue weighted by Gasteiger charge is -2.24. The Morgan fingerprint density at radius 1 is 1.53 bits per heavy atom. The van der Waals surface area contributed by atoms with Gasteiger partial charge in [-0.15, -0.1) is 0 Å². The van der Waals surface area contributed by atoms with E-state index in [2.05, 4.69) is 28.7 Å². The smallest absolute Gasteiger partial charge is 0.227 e. The Labute approximate surface area is 90.5 Å². The van der Waals surface area contributed by atoms with E-state index in [1.165, 1.54) is 12.8 Å². The lowest BCUT2D eigenvalue weighted by Crippen LogP contribution is -2.31. The van der Waals surface area contributed by atoms with Crippen LogP contribution in [0.25, 0.3) is 0 Å². The molecule has 4 heteroatoms. The summed E-state index contributed by atoms with van der Waals surface area (Å²) in [5.74, 6) is 1.95. The summed E-state index contributed by atoms with van der Waals surface area (Å²) in [5.41, 5.74) is 5.67. The summed E-state index contributed by atoms with van der Waals surface area (Å²) < 4.78 is 0. The Hall–Kier alpha value is -1.32. The Morgan fingerprint density at radius 2 is 2.27 bits per heavy atom. The molecule has 0 aromatic carbocycles. The number of anilines is 2. The highest BCUT2D eigenvalue weighted by Crippen LogP contribution is 2.30. The number of hydrogen-bond acceptors (Lipinski definition) is 4. The van der Waals surface area contributed by atoms with Gasteiger partial charge in [0.1, 0.15) is 5.82 Å². The molecule has 0 aliphatic heterocycles. The van der Waals surface area contributed by atoms with E-state index in [-0.39, 0.29) is 0 Å². The van der Waals surface area contributed by atoms with Gasteiger partial charge in [-0.2, -0.15) is 4.98 Å². The first-order valence-electron chi connectivity index (χ1n) is 5.52. The van der Waals surface area contributed by atoms with Gasteiger partial charge in [0.05, 0.1) is 0 Å². The van der Waals surface area contributed by atoms with Gasteiger partial charge in [0, 0.05) is 18.8 Å². The summed E-state index contributed by atoms with van der Waals surface area (Å²) in [6.45, 7) is 5.43. The summed E-state index contributed by atoms with van der Waals surface area (Å²) in [6.07, 6.45) is 4.24. The maximum Gasteiger partial charge on any atom is 0.227 e. The van der Waals surface area contributed by atoms with E-state index in [0.29, 0.717) is 17.8 Å². The second kappa shape index (κ2) is 4.04. The average Bonchev–Trinajstić information content (AvgIpc) is 2.97. The average molecular weight is 206 g/mol. The first kappa shape index (κ1) is 10.2. The molecule has 1 aromatic heterocycles. The van der Waals surface area contributed by atoms with Gasteiger partial charge >= 0.3 is 0 Å². The molecule has 4 nitrogen and oxygen atoms in total. The molecule has 1 heterocycles. The third-order valence-corrected chi connectivity index (χ3v) is 2.47. The predicted octanol–water partition coefficient (Wildman–Crippen LogP) is 1.68. The molecule has 82 valence electrons. The fourth-order valence-corrected chi connectivity index (χ4v) is 1.67. The van der Waals surface area contributed by atoms with Crippen molar-refractivity contribution in [2.75, 3.05) is 17.2 Å². The van der Waals surface area contributed by atoms with Gasteiger partial charge < -0.3 is 10.6 Å². The number of nitrogen functional groups attached to an aromatic ring is 1. The van der Waals surface area contributed by atoms with Crippen LogP contribution in [0.5, 0.6) is 0 Å². The molecule has 1 aliphatic rings. The van der Waals surface area contributed by atoms with Crippen LogP contribution in [0.4, 0.5) is 11.8 Å². The van der Waals surface area contributed by atoms with Crippen LogP contribution in [0.2, 0.25) is 0 Å². The Balaban J connectivity index is 2.16. The van der Waals surface area contributed by atoms with Crippen LogP contribution in [-0.2, 0) is 0 Å². The number of nitrogens with two attached hydrogens (primary N) is 1. The normalized spacial score (nSPS) is 15.7. The van der Waals surface area contributed by atoms with Crippen LogP contribution in [0.15, 0.2) is 12.3 Å². The van der Waals surface area contributed by atoms with Crippen LogP contribution >= 0.6 is 0 Å². The zero-order chi connectivity index (χ0) is 10.8. The molecule has 0 spiro atoms. The fraction of sp³-hybridized carbons (Fsp3) is 0.636. The number of nitrogens with zero attached hydrogens (tertiary/aromatic N) is 3. The van der Waals surface area contributed by atoms with Crippen molar-refractivity contribution in [3.05, 3.63) is 12.3 Å². The van der Waals surface area contributed by atoms with Crippen molar-refractivity contribution in [3.8, 4) is 0 Å². The molecule has 15 heavy (non-hydrogen) atoms. The van der Waals surface area contributed by atoms with Gasteiger partial charge in [0.2, 0.25) is 5.95 Å². The summed E-state index contributed by atoms with van der Waals surface area (Å²) in [6, 6.07) is 2.36. The van der Waals surface area contributed by atoms with E-state index in [4.69, 9.17) is 5.73 Å². The molecule has 0 atom stereocenters. The molecule has 1 fully saturated rings. The van der Waals surface area contributed by atoms with Crippen molar-refractivity contribution in [2.24, 2.45) is 5.92 Å². The van der Waals surface area contributed by atoms with E-state index in [1.54, 1.807) is 12.3 Å². The molecule has 1 aliphatic carbocycles. The summed E-state index contributed by atoms with van der Waals surface area (Å²) in [5, 5.41) is 0. The van der Waals surface area contributed by atoms with Crippen molar-refractivity contribution in [1.29, 1.82) is 0 Å². The van der Waals surface area contributed by atoms with Gasteiger partial charge in [0.25, 0.3) is 0 Å². The zero-order valence-electron chi connectivity index (χ0n) is 9.35. The van der Waals surface area contributed by atoms with Gasteiger partial charge in [-0.25, -0.2) is 4.98 Å². The van der Waals surface area contributed by atoms with Crippen molar-refractivity contribution < 1.29 is 0 Å². The SMILES string of the molecule is CC(C)CN(c1nccc(N)n1)C1CC1. The van der Waals surface area contributed by atoms with Crippen molar-refractivity contribution in [1.82, 2.24) is 9.97 Å². The van der Waals surface area contributed by atoms with Gasteiger partial charge in [-0.1, -0.05) is 13.8 Å². The Morgan fingerprint density at radius 3 is 2.80 bits per heavy atom. The monoisotopic (exact) mass is 206 g/mol. The van der Waals surface area contributed by atoms with E-state index in [0.717, 1.165) is 12.5 Å². The van der Waals surface area contributed by atoms with Crippen molar-refractivity contribution in [3.63, 3.8) is 0 Å². The maximum atomic E-state index is 5.67. The highest BCUT2D eigenvalue weighted by atomic mass is 15.3. The molecule has 2 rings (SSSR count). The number of aromatic nitrogens is 2. The minimum atomic E-state index is 0.550. The first-order chi connectivity index (χ1) is 7.16. The largest absolute Gasteiger partial charge is 0.384 e. The highest BCUT2D eigenvalue weighted by Gasteiger charge is 2.31. The molecule has 1 saturated carbocycles. The van der Waals surface area contributed by atoms with Crippen LogP contribution < -0.4 is 10.6 Å². The summed E-state index contributed by atoms with van der Waals surface area (Å²) in [7, 11) is 0.